The molecule has 0 atom stereocenters. The maximum atomic E-state index is 11.3. The summed E-state index contributed by atoms with van der Waals surface area (Å²) in [5.74, 6) is 0.932. The van der Waals surface area contributed by atoms with Gasteiger partial charge in [-0.3, -0.25) is 4.79 Å². The van der Waals surface area contributed by atoms with E-state index in [0.29, 0.717) is 6.54 Å². The van der Waals surface area contributed by atoms with Gasteiger partial charge in [-0.15, -0.1) is 0 Å². The van der Waals surface area contributed by atoms with Crippen LogP contribution in [0.5, 0.6) is 0 Å². The van der Waals surface area contributed by atoms with Crippen LogP contribution in [0.15, 0.2) is 18.3 Å². The maximum Gasteiger partial charge on any atom is 0.219 e. The van der Waals surface area contributed by atoms with Gasteiger partial charge in [-0.1, -0.05) is 6.92 Å². The Bertz CT molecular complexity index is 561. The standard InChI is InChI=1S/C13H18N4O/c1-4-8-17-12(9-16(3)10(2)18)15-11-6-5-7-14-13(11)17/h5-7H,4,8-9H2,1-3H3. The zero-order chi connectivity index (χ0) is 13.1. The second-order valence-electron chi connectivity index (χ2n) is 4.40. The highest BCUT2D eigenvalue weighted by molar-refractivity contribution is 5.73. The van der Waals surface area contributed by atoms with Crippen molar-refractivity contribution in [2.45, 2.75) is 33.4 Å². The van der Waals surface area contributed by atoms with Crippen molar-refractivity contribution in [3.05, 3.63) is 24.2 Å². The first-order valence-corrected chi connectivity index (χ1v) is 6.15. The molecule has 5 nitrogen and oxygen atoms in total. The molecule has 0 spiro atoms. The molecule has 0 aliphatic heterocycles. The van der Waals surface area contributed by atoms with Gasteiger partial charge in [-0.2, -0.15) is 0 Å². The largest absolute Gasteiger partial charge is 0.339 e. The summed E-state index contributed by atoms with van der Waals surface area (Å²) in [6, 6.07) is 3.83. The van der Waals surface area contributed by atoms with E-state index in [2.05, 4.69) is 21.5 Å². The minimum atomic E-state index is 0.0399. The van der Waals surface area contributed by atoms with Gasteiger partial charge in [0.15, 0.2) is 5.65 Å². The van der Waals surface area contributed by atoms with Crippen molar-refractivity contribution in [3.8, 4) is 0 Å². The Labute approximate surface area is 106 Å². The van der Waals surface area contributed by atoms with Crippen molar-refractivity contribution in [3.63, 3.8) is 0 Å². The highest BCUT2D eigenvalue weighted by Crippen LogP contribution is 2.15. The number of carbonyl (C=O) groups is 1. The fraction of sp³-hybridized carbons (Fsp3) is 0.462. The number of hydrogen-bond donors (Lipinski definition) is 0. The lowest BCUT2D eigenvalue weighted by atomic mass is 10.4. The molecule has 2 aromatic rings. The summed E-state index contributed by atoms with van der Waals surface area (Å²) in [6.45, 7) is 5.07. The zero-order valence-corrected chi connectivity index (χ0v) is 11.1. The molecule has 2 aromatic heterocycles. The Kier molecular flexibility index (Phi) is 3.60. The lowest BCUT2D eigenvalue weighted by molar-refractivity contribution is -0.128. The summed E-state index contributed by atoms with van der Waals surface area (Å²) in [4.78, 5) is 21.9. The Morgan fingerprint density at radius 3 is 2.94 bits per heavy atom. The number of rotatable bonds is 4. The quantitative estimate of drug-likeness (QED) is 0.826. The summed E-state index contributed by atoms with van der Waals surface area (Å²) in [7, 11) is 1.78. The number of amides is 1. The minimum Gasteiger partial charge on any atom is -0.339 e. The van der Waals surface area contributed by atoms with Crippen LogP contribution in [0.1, 0.15) is 26.1 Å². The molecule has 5 heteroatoms. The van der Waals surface area contributed by atoms with Gasteiger partial charge in [0.1, 0.15) is 11.3 Å². The van der Waals surface area contributed by atoms with Crippen LogP contribution in [-0.4, -0.2) is 32.4 Å². The van der Waals surface area contributed by atoms with Gasteiger partial charge in [0, 0.05) is 26.7 Å². The molecule has 0 fully saturated rings. The molecule has 0 saturated carbocycles. The number of imidazole rings is 1. The average molecular weight is 246 g/mol. The first-order valence-electron chi connectivity index (χ1n) is 6.15. The fourth-order valence-electron chi connectivity index (χ4n) is 1.91. The fourth-order valence-corrected chi connectivity index (χ4v) is 1.91. The van der Waals surface area contributed by atoms with Crippen molar-refractivity contribution in [2.24, 2.45) is 0 Å². The number of nitrogens with zero attached hydrogens (tertiary/aromatic N) is 4. The van der Waals surface area contributed by atoms with Crippen LogP contribution in [0, 0.1) is 0 Å². The van der Waals surface area contributed by atoms with Crippen LogP contribution in [-0.2, 0) is 17.9 Å². The lowest BCUT2D eigenvalue weighted by Gasteiger charge is -2.15. The van der Waals surface area contributed by atoms with Crippen molar-refractivity contribution in [1.82, 2.24) is 19.4 Å². The number of carbonyl (C=O) groups excluding carboxylic acids is 1. The van der Waals surface area contributed by atoms with E-state index in [0.717, 1.165) is 30.0 Å². The van der Waals surface area contributed by atoms with E-state index < -0.39 is 0 Å². The Hall–Kier alpha value is -1.91. The van der Waals surface area contributed by atoms with Gasteiger partial charge in [0.25, 0.3) is 0 Å². The van der Waals surface area contributed by atoms with Crippen molar-refractivity contribution >= 4 is 17.1 Å². The highest BCUT2D eigenvalue weighted by Gasteiger charge is 2.13. The summed E-state index contributed by atoms with van der Waals surface area (Å²) >= 11 is 0. The van der Waals surface area contributed by atoms with E-state index in [1.165, 1.54) is 0 Å². The molecular formula is C13H18N4O. The third-order valence-corrected chi connectivity index (χ3v) is 2.95. The molecule has 0 aliphatic carbocycles. The molecule has 0 aromatic carbocycles. The van der Waals surface area contributed by atoms with Crippen LogP contribution in [0.25, 0.3) is 11.2 Å². The zero-order valence-electron chi connectivity index (χ0n) is 11.1. The number of fused-ring (bicyclic) bond motifs is 1. The van der Waals surface area contributed by atoms with Crippen LogP contribution in [0.3, 0.4) is 0 Å². The minimum absolute atomic E-state index is 0.0399. The Balaban J connectivity index is 2.42. The van der Waals surface area contributed by atoms with Gasteiger partial charge in [0.05, 0.1) is 6.54 Å². The van der Waals surface area contributed by atoms with E-state index in [4.69, 9.17) is 0 Å². The molecule has 18 heavy (non-hydrogen) atoms. The number of aromatic nitrogens is 3. The topological polar surface area (TPSA) is 51.0 Å². The van der Waals surface area contributed by atoms with E-state index in [1.54, 1.807) is 25.1 Å². The van der Waals surface area contributed by atoms with E-state index in [-0.39, 0.29) is 5.91 Å². The van der Waals surface area contributed by atoms with Crippen LogP contribution < -0.4 is 0 Å². The lowest BCUT2D eigenvalue weighted by Crippen LogP contribution is -2.25. The van der Waals surface area contributed by atoms with Gasteiger partial charge in [-0.25, -0.2) is 9.97 Å². The van der Waals surface area contributed by atoms with Crippen LogP contribution in [0.2, 0.25) is 0 Å². The second-order valence-corrected chi connectivity index (χ2v) is 4.40. The number of pyridine rings is 1. The predicted octanol–water partition coefficient (Wildman–Crippen LogP) is 1.82. The first kappa shape index (κ1) is 12.5. The molecule has 0 aliphatic rings. The summed E-state index contributed by atoms with van der Waals surface area (Å²) in [5, 5.41) is 0. The molecule has 2 heterocycles. The average Bonchev–Trinajstić information content (AvgIpc) is 2.68. The van der Waals surface area contributed by atoms with Gasteiger partial charge >= 0.3 is 0 Å². The molecule has 96 valence electrons. The van der Waals surface area contributed by atoms with Crippen molar-refractivity contribution < 1.29 is 4.79 Å². The smallest absolute Gasteiger partial charge is 0.219 e. The van der Waals surface area contributed by atoms with Gasteiger partial charge in [0.2, 0.25) is 5.91 Å². The monoisotopic (exact) mass is 246 g/mol. The maximum absolute atomic E-state index is 11.3. The third-order valence-electron chi connectivity index (χ3n) is 2.95. The van der Waals surface area contributed by atoms with E-state index >= 15 is 0 Å². The molecule has 0 saturated heterocycles. The van der Waals surface area contributed by atoms with Crippen LogP contribution in [0.4, 0.5) is 0 Å². The van der Waals surface area contributed by atoms with Gasteiger partial charge in [-0.05, 0) is 18.6 Å². The number of aryl methyl sites for hydroxylation is 1. The molecule has 0 radical (unpaired) electrons. The molecule has 1 amide bonds. The Morgan fingerprint density at radius 1 is 1.50 bits per heavy atom. The highest BCUT2D eigenvalue weighted by atomic mass is 16.2. The predicted molar refractivity (Wildman–Crippen MR) is 70.0 cm³/mol. The summed E-state index contributed by atoms with van der Waals surface area (Å²) < 4.78 is 2.09. The number of hydrogen-bond acceptors (Lipinski definition) is 3. The normalized spacial score (nSPS) is 10.8. The first-order chi connectivity index (χ1) is 8.63. The second kappa shape index (κ2) is 5.16. The molecule has 0 unspecified atom stereocenters. The van der Waals surface area contributed by atoms with Gasteiger partial charge < -0.3 is 9.47 Å². The third kappa shape index (κ3) is 2.34. The molecule has 0 bridgehead atoms. The summed E-state index contributed by atoms with van der Waals surface area (Å²) in [6.07, 6.45) is 2.79. The molecular weight excluding hydrogens is 228 g/mol. The molecule has 2 rings (SSSR count). The SMILES string of the molecule is CCCn1c(CN(C)C(C)=O)nc2cccnc21. The summed E-state index contributed by atoms with van der Waals surface area (Å²) in [5.41, 5.74) is 1.78. The van der Waals surface area contributed by atoms with Crippen molar-refractivity contribution in [2.75, 3.05) is 7.05 Å². The van der Waals surface area contributed by atoms with Crippen molar-refractivity contribution in [1.29, 1.82) is 0 Å². The molecule has 0 N–H and O–H groups in total. The van der Waals surface area contributed by atoms with Crippen LogP contribution >= 0.6 is 0 Å². The van der Waals surface area contributed by atoms with E-state index in [9.17, 15) is 4.79 Å². The van der Waals surface area contributed by atoms with E-state index in [1.807, 2.05) is 12.1 Å². The Morgan fingerprint density at radius 2 is 2.28 bits per heavy atom.